The minimum absolute atomic E-state index is 0.0360. The molecule has 1 aromatic carbocycles. The molecule has 7 heteroatoms. The Morgan fingerprint density at radius 2 is 1.96 bits per heavy atom. The van der Waals surface area contributed by atoms with Crippen molar-refractivity contribution in [1.82, 2.24) is 9.29 Å². The van der Waals surface area contributed by atoms with E-state index in [0.717, 1.165) is 5.56 Å². The van der Waals surface area contributed by atoms with E-state index >= 15 is 0 Å². The molecular weight excluding hydrogens is 334 g/mol. The van der Waals surface area contributed by atoms with Crippen LogP contribution in [0.1, 0.15) is 30.5 Å². The predicted molar refractivity (Wildman–Crippen MR) is 88.4 cm³/mol. The second-order valence-electron chi connectivity index (χ2n) is 4.98. The van der Waals surface area contributed by atoms with Crippen molar-refractivity contribution in [1.29, 1.82) is 5.26 Å². The van der Waals surface area contributed by atoms with Crippen LogP contribution in [0.5, 0.6) is 0 Å². The molecule has 120 valence electrons. The molecule has 0 fully saturated rings. The summed E-state index contributed by atoms with van der Waals surface area (Å²) in [4.78, 5) is 3.91. The van der Waals surface area contributed by atoms with E-state index in [1.165, 1.54) is 29.6 Å². The number of hydrogen-bond donors (Lipinski definition) is 0. The zero-order chi connectivity index (χ0) is 17.0. The molecule has 0 spiro atoms. The highest BCUT2D eigenvalue weighted by molar-refractivity contribution is 7.89. The van der Waals surface area contributed by atoms with Crippen LogP contribution in [0.2, 0.25) is 5.02 Å². The molecule has 0 saturated carbocycles. The summed E-state index contributed by atoms with van der Waals surface area (Å²) in [5.41, 5.74) is 0.884. The van der Waals surface area contributed by atoms with Gasteiger partial charge in [0.15, 0.2) is 0 Å². The summed E-state index contributed by atoms with van der Waals surface area (Å²) in [6.07, 6.45) is 3.85. The van der Waals surface area contributed by atoms with Gasteiger partial charge in [-0.05, 0) is 42.3 Å². The van der Waals surface area contributed by atoms with Gasteiger partial charge in [0, 0.05) is 30.5 Å². The number of halogens is 1. The smallest absolute Gasteiger partial charge is 0.244 e. The predicted octanol–water partition coefficient (Wildman–Crippen LogP) is 3.38. The third-order valence-electron chi connectivity index (χ3n) is 3.64. The van der Waals surface area contributed by atoms with Crippen LogP contribution in [0, 0.1) is 11.3 Å². The largest absolute Gasteiger partial charge is 0.265 e. The van der Waals surface area contributed by atoms with Gasteiger partial charge < -0.3 is 0 Å². The highest BCUT2D eigenvalue weighted by atomic mass is 35.5. The lowest BCUT2D eigenvalue weighted by atomic mass is 10.1. The first kappa shape index (κ1) is 17.4. The van der Waals surface area contributed by atoms with Crippen LogP contribution in [0.4, 0.5) is 0 Å². The van der Waals surface area contributed by atoms with E-state index in [0.29, 0.717) is 11.4 Å². The van der Waals surface area contributed by atoms with Crippen molar-refractivity contribution in [3.8, 4) is 6.07 Å². The lowest BCUT2D eigenvalue weighted by Crippen LogP contribution is -2.31. The van der Waals surface area contributed by atoms with E-state index < -0.39 is 10.0 Å². The van der Waals surface area contributed by atoms with Gasteiger partial charge in [0.2, 0.25) is 10.0 Å². The standard InChI is InChI=1S/C16H16ClN3O2S/c1-3-15(12-6-8-19-9-7-12)20(2)23(21,22)16-5-4-14(17)10-13(16)11-18/h4-10,15H,3H2,1-2H3/t15-/m1/s1. The fourth-order valence-electron chi connectivity index (χ4n) is 2.43. The Morgan fingerprint density at radius 3 is 2.52 bits per heavy atom. The van der Waals surface area contributed by atoms with Gasteiger partial charge >= 0.3 is 0 Å². The van der Waals surface area contributed by atoms with Gasteiger partial charge in [-0.2, -0.15) is 9.57 Å². The molecule has 0 N–H and O–H groups in total. The molecular formula is C16H16ClN3O2S. The highest BCUT2D eigenvalue weighted by Gasteiger charge is 2.30. The maximum absolute atomic E-state index is 12.9. The van der Waals surface area contributed by atoms with E-state index in [1.54, 1.807) is 24.5 Å². The second kappa shape index (κ2) is 7.09. The summed E-state index contributed by atoms with van der Waals surface area (Å²) in [6.45, 7) is 1.91. The maximum atomic E-state index is 12.9. The van der Waals surface area contributed by atoms with Gasteiger partial charge in [0.1, 0.15) is 11.0 Å². The van der Waals surface area contributed by atoms with Crippen LogP contribution >= 0.6 is 11.6 Å². The quantitative estimate of drug-likeness (QED) is 0.829. The first-order valence-corrected chi connectivity index (χ1v) is 8.81. The van der Waals surface area contributed by atoms with Gasteiger partial charge in [-0.15, -0.1) is 0 Å². The molecule has 2 rings (SSSR count). The summed E-state index contributed by atoms with van der Waals surface area (Å²) >= 11 is 5.84. The lowest BCUT2D eigenvalue weighted by Gasteiger charge is -2.27. The molecule has 0 saturated heterocycles. The number of aromatic nitrogens is 1. The van der Waals surface area contributed by atoms with Crippen molar-refractivity contribution in [3.63, 3.8) is 0 Å². The van der Waals surface area contributed by atoms with E-state index in [-0.39, 0.29) is 16.5 Å². The topological polar surface area (TPSA) is 74.1 Å². The lowest BCUT2D eigenvalue weighted by molar-refractivity contribution is 0.366. The molecule has 0 aliphatic rings. The van der Waals surface area contributed by atoms with E-state index in [1.807, 2.05) is 13.0 Å². The van der Waals surface area contributed by atoms with Crippen molar-refractivity contribution in [3.05, 3.63) is 58.9 Å². The number of benzene rings is 1. The molecule has 1 heterocycles. The van der Waals surface area contributed by atoms with Gasteiger partial charge in [-0.3, -0.25) is 4.98 Å². The molecule has 0 aliphatic carbocycles. The minimum atomic E-state index is -3.83. The van der Waals surface area contributed by atoms with E-state index in [4.69, 9.17) is 11.6 Å². The SMILES string of the molecule is CC[C@H](c1ccncc1)N(C)S(=O)(=O)c1ccc(Cl)cc1C#N. The Hall–Kier alpha value is -1.94. The molecule has 0 amide bonds. The first-order chi connectivity index (χ1) is 10.9. The Balaban J connectivity index is 2.49. The Labute approximate surface area is 141 Å². The number of nitrogens with zero attached hydrogens (tertiary/aromatic N) is 3. The molecule has 0 aliphatic heterocycles. The van der Waals surface area contributed by atoms with Crippen molar-refractivity contribution in [2.45, 2.75) is 24.3 Å². The molecule has 0 radical (unpaired) electrons. The number of pyridine rings is 1. The fraction of sp³-hybridized carbons (Fsp3) is 0.250. The van der Waals surface area contributed by atoms with Crippen LogP contribution in [0.15, 0.2) is 47.6 Å². The molecule has 0 bridgehead atoms. The Morgan fingerprint density at radius 1 is 1.30 bits per heavy atom. The molecule has 2 aromatic rings. The zero-order valence-electron chi connectivity index (χ0n) is 12.8. The molecule has 0 unspecified atom stereocenters. The molecule has 1 atom stereocenters. The van der Waals surface area contributed by atoms with Crippen molar-refractivity contribution < 1.29 is 8.42 Å². The van der Waals surface area contributed by atoms with Crippen LogP contribution < -0.4 is 0 Å². The van der Waals surface area contributed by atoms with E-state index in [2.05, 4.69) is 4.98 Å². The fourth-order valence-corrected chi connectivity index (χ4v) is 4.14. The van der Waals surface area contributed by atoms with Crippen molar-refractivity contribution in [2.75, 3.05) is 7.05 Å². The average molecular weight is 350 g/mol. The van der Waals surface area contributed by atoms with Gasteiger partial charge in [0.25, 0.3) is 0 Å². The van der Waals surface area contributed by atoms with Crippen LogP contribution in [0.25, 0.3) is 0 Å². The number of hydrogen-bond acceptors (Lipinski definition) is 4. The second-order valence-corrected chi connectivity index (χ2v) is 7.38. The number of sulfonamides is 1. The normalized spacial score (nSPS) is 12.8. The highest BCUT2D eigenvalue weighted by Crippen LogP contribution is 2.30. The summed E-state index contributed by atoms with van der Waals surface area (Å²) in [5.74, 6) is 0. The van der Waals surface area contributed by atoms with Gasteiger partial charge in [-0.1, -0.05) is 18.5 Å². The van der Waals surface area contributed by atoms with Gasteiger partial charge in [-0.25, -0.2) is 8.42 Å². The van der Waals surface area contributed by atoms with Crippen molar-refractivity contribution >= 4 is 21.6 Å². The summed E-state index contributed by atoms with van der Waals surface area (Å²) in [5, 5.41) is 9.52. The number of nitriles is 1. The minimum Gasteiger partial charge on any atom is -0.265 e. The van der Waals surface area contributed by atoms with Crippen LogP contribution in [-0.4, -0.2) is 24.8 Å². The third kappa shape index (κ3) is 3.53. The molecule has 1 aromatic heterocycles. The summed E-state index contributed by atoms with van der Waals surface area (Å²) in [7, 11) is -2.31. The average Bonchev–Trinajstić information content (AvgIpc) is 2.56. The third-order valence-corrected chi connectivity index (χ3v) is 5.80. The van der Waals surface area contributed by atoms with E-state index in [9.17, 15) is 13.7 Å². The number of rotatable bonds is 5. The maximum Gasteiger partial charge on any atom is 0.244 e. The first-order valence-electron chi connectivity index (χ1n) is 6.99. The Kier molecular flexibility index (Phi) is 5.37. The van der Waals surface area contributed by atoms with Crippen molar-refractivity contribution in [2.24, 2.45) is 0 Å². The Bertz CT molecular complexity index is 832. The molecule has 23 heavy (non-hydrogen) atoms. The summed E-state index contributed by atoms with van der Waals surface area (Å²) < 4.78 is 27.1. The monoisotopic (exact) mass is 349 g/mol. The van der Waals surface area contributed by atoms with Crippen LogP contribution in [-0.2, 0) is 10.0 Å². The van der Waals surface area contributed by atoms with Gasteiger partial charge in [0.05, 0.1) is 5.56 Å². The molecule has 5 nitrogen and oxygen atoms in total. The zero-order valence-corrected chi connectivity index (χ0v) is 14.3. The summed E-state index contributed by atoms with van der Waals surface area (Å²) in [6, 6.07) is 9.31. The van der Waals surface area contributed by atoms with Crippen LogP contribution in [0.3, 0.4) is 0 Å².